The number of likely N-dealkylation sites (N-methyl/N-ethyl adjacent to an activating group) is 1. The molecule has 0 bridgehead atoms. The monoisotopic (exact) mass is 461 g/mol. The first-order valence-corrected chi connectivity index (χ1v) is 11.9. The molecule has 3 amide bonds. The van der Waals surface area contributed by atoms with Gasteiger partial charge in [-0.15, -0.1) is 0 Å². The molecule has 3 unspecified atom stereocenters. The molecule has 0 aliphatic rings. The minimum atomic E-state index is -0.815. The Morgan fingerprint density at radius 1 is 1.09 bits per heavy atom. The van der Waals surface area contributed by atoms with Gasteiger partial charge in [0.1, 0.15) is 17.7 Å². The summed E-state index contributed by atoms with van der Waals surface area (Å²) < 4.78 is 5.39. The third kappa shape index (κ3) is 8.37. The topological polar surface area (TPSA) is 87.7 Å². The molecule has 0 aromatic heterocycles. The Morgan fingerprint density at radius 3 is 2.15 bits per heavy atom. The lowest BCUT2D eigenvalue weighted by molar-refractivity contribution is -0.141. The highest BCUT2D eigenvalue weighted by Gasteiger charge is 2.37. The van der Waals surface area contributed by atoms with Crippen LogP contribution in [0.25, 0.3) is 0 Å². The summed E-state index contributed by atoms with van der Waals surface area (Å²) in [6.07, 6.45) is 1.85. The SMILES string of the molecule is CCCCNC(=O)C(c1c(C)cccc1C)N(C)C(=O)C(NC(=O)OC(C)(C)C)C(C)CC. The van der Waals surface area contributed by atoms with Gasteiger partial charge in [-0.25, -0.2) is 4.79 Å². The number of carbonyl (C=O) groups excluding carboxylic acids is 3. The number of hydrogen-bond acceptors (Lipinski definition) is 4. The number of unbranched alkanes of at least 4 members (excludes halogenated alkanes) is 1. The lowest BCUT2D eigenvalue weighted by atomic mass is 9.92. The molecule has 0 saturated carbocycles. The number of alkyl carbamates (subject to hydrolysis) is 1. The lowest BCUT2D eigenvalue weighted by Crippen LogP contribution is -2.54. The van der Waals surface area contributed by atoms with Crippen molar-refractivity contribution in [2.75, 3.05) is 13.6 Å². The highest BCUT2D eigenvalue weighted by Crippen LogP contribution is 2.28. The molecule has 0 spiro atoms. The van der Waals surface area contributed by atoms with E-state index in [-0.39, 0.29) is 17.7 Å². The van der Waals surface area contributed by atoms with E-state index in [0.29, 0.717) is 13.0 Å². The fraction of sp³-hybridized carbons (Fsp3) is 0.654. The minimum absolute atomic E-state index is 0.144. The smallest absolute Gasteiger partial charge is 0.408 e. The fourth-order valence-corrected chi connectivity index (χ4v) is 3.71. The van der Waals surface area contributed by atoms with Gasteiger partial charge in [0.05, 0.1) is 0 Å². The summed E-state index contributed by atoms with van der Waals surface area (Å²) in [6, 6.07) is 4.21. The second kappa shape index (κ2) is 12.6. The lowest BCUT2D eigenvalue weighted by Gasteiger charge is -2.34. The predicted octanol–water partition coefficient (Wildman–Crippen LogP) is 4.66. The van der Waals surface area contributed by atoms with E-state index in [4.69, 9.17) is 4.74 Å². The van der Waals surface area contributed by atoms with Crippen LogP contribution in [0.1, 0.15) is 83.5 Å². The molecule has 3 atom stereocenters. The van der Waals surface area contributed by atoms with Crippen molar-refractivity contribution < 1.29 is 19.1 Å². The normalized spacial score (nSPS) is 14.1. The Balaban J connectivity index is 3.33. The number of nitrogens with zero attached hydrogens (tertiary/aromatic N) is 1. The third-order valence-corrected chi connectivity index (χ3v) is 5.78. The predicted molar refractivity (Wildman–Crippen MR) is 132 cm³/mol. The average Bonchev–Trinajstić information content (AvgIpc) is 2.72. The van der Waals surface area contributed by atoms with Crippen LogP contribution in [-0.2, 0) is 14.3 Å². The number of nitrogens with one attached hydrogen (secondary N) is 2. The summed E-state index contributed by atoms with van der Waals surface area (Å²) >= 11 is 0. The summed E-state index contributed by atoms with van der Waals surface area (Å²) in [4.78, 5) is 41.0. The van der Waals surface area contributed by atoms with Gasteiger partial charge in [-0.05, 0) is 63.6 Å². The van der Waals surface area contributed by atoms with Crippen molar-refractivity contribution in [2.24, 2.45) is 5.92 Å². The number of benzene rings is 1. The first kappa shape index (κ1) is 28.5. The van der Waals surface area contributed by atoms with E-state index in [1.807, 2.05) is 45.9 Å². The highest BCUT2D eigenvalue weighted by atomic mass is 16.6. The average molecular weight is 462 g/mol. The van der Waals surface area contributed by atoms with Crippen molar-refractivity contribution in [1.29, 1.82) is 0 Å². The van der Waals surface area contributed by atoms with Gasteiger partial charge in [0.15, 0.2) is 0 Å². The van der Waals surface area contributed by atoms with Crippen LogP contribution in [-0.4, -0.2) is 48.0 Å². The second-order valence-corrected chi connectivity index (χ2v) is 9.81. The molecule has 2 N–H and O–H groups in total. The van der Waals surface area contributed by atoms with Crippen molar-refractivity contribution in [2.45, 2.75) is 92.3 Å². The van der Waals surface area contributed by atoms with Gasteiger partial charge < -0.3 is 20.3 Å². The van der Waals surface area contributed by atoms with Gasteiger partial charge in [-0.3, -0.25) is 9.59 Å². The van der Waals surface area contributed by atoms with E-state index < -0.39 is 23.8 Å². The summed E-state index contributed by atoms with van der Waals surface area (Å²) in [5.74, 6) is -0.695. The number of aryl methyl sites for hydroxylation is 2. The molecule has 0 aliphatic heterocycles. The molecule has 7 heteroatoms. The Bertz CT molecular complexity index is 796. The molecule has 186 valence electrons. The van der Waals surface area contributed by atoms with Crippen molar-refractivity contribution in [1.82, 2.24) is 15.5 Å². The fourth-order valence-electron chi connectivity index (χ4n) is 3.71. The van der Waals surface area contributed by atoms with Crippen LogP contribution in [0.5, 0.6) is 0 Å². The zero-order valence-corrected chi connectivity index (χ0v) is 21.9. The van der Waals surface area contributed by atoms with E-state index in [9.17, 15) is 14.4 Å². The van der Waals surface area contributed by atoms with Crippen LogP contribution in [0.4, 0.5) is 4.79 Å². The van der Waals surface area contributed by atoms with Crippen LogP contribution >= 0.6 is 0 Å². The van der Waals surface area contributed by atoms with E-state index in [1.54, 1.807) is 27.8 Å². The van der Waals surface area contributed by atoms with E-state index in [1.165, 1.54) is 4.90 Å². The molecular weight excluding hydrogens is 418 g/mol. The molecule has 0 aliphatic carbocycles. The number of hydrogen-bond donors (Lipinski definition) is 2. The second-order valence-electron chi connectivity index (χ2n) is 9.81. The van der Waals surface area contributed by atoms with Crippen LogP contribution in [0.2, 0.25) is 0 Å². The molecule has 1 aromatic rings. The van der Waals surface area contributed by atoms with Gasteiger partial charge in [0, 0.05) is 13.6 Å². The third-order valence-electron chi connectivity index (χ3n) is 5.78. The van der Waals surface area contributed by atoms with E-state index in [0.717, 1.165) is 29.5 Å². The zero-order chi connectivity index (χ0) is 25.3. The first-order valence-electron chi connectivity index (χ1n) is 11.9. The molecule has 0 heterocycles. The largest absolute Gasteiger partial charge is 0.444 e. The Morgan fingerprint density at radius 2 is 1.67 bits per heavy atom. The maximum absolute atomic E-state index is 13.7. The molecule has 33 heavy (non-hydrogen) atoms. The van der Waals surface area contributed by atoms with Gasteiger partial charge in [-0.2, -0.15) is 0 Å². The molecular formula is C26H43N3O4. The maximum Gasteiger partial charge on any atom is 0.408 e. The Labute approximate surface area is 199 Å². The number of ether oxygens (including phenoxy) is 1. The van der Waals surface area contributed by atoms with Gasteiger partial charge in [0.25, 0.3) is 0 Å². The molecule has 7 nitrogen and oxygen atoms in total. The van der Waals surface area contributed by atoms with Crippen LogP contribution in [0.3, 0.4) is 0 Å². The van der Waals surface area contributed by atoms with Crippen molar-refractivity contribution >= 4 is 17.9 Å². The van der Waals surface area contributed by atoms with Crippen LogP contribution in [0.15, 0.2) is 18.2 Å². The van der Waals surface area contributed by atoms with E-state index in [2.05, 4.69) is 17.6 Å². The highest BCUT2D eigenvalue weighted by molar-refractivity contribution is 5.92. The number of carbonyl (C=O) groups is 3. The van der Waals surface area contributed by atoms with Crippen molar-refractivity contribution in [3.8, 4) is 0 Å². The standard InChI is InChI=1S/C26H43N3O4/c1-10-12-16-27-23(30)22(20-18(4)14-13-15-19(20)5)29(9)24(31)21(17(3)11-2)28-25(32)33-26(6,7)8/h13-15,17,21-22H,10-12,16H2,1-9H3,(H,27,30)(H,28,32). The summed E-state index contributed by atoms with van der Waals surface area (Å²) in [5.41, 5.74) is 2.00. The summed E-state index contributed by atoms with van der Waals surface area (Å²) in [7, 11) is 1.63. The number of amides is 3. The number of rotatable bonds is 10. The van der Waals surface area contributed by atoms with Crippen molar-refractivity contribution in [3.05, 3.63) is 34.9 Å². The van der Waals surface area contributed by atoms with Crippen molar-refractivity contribution in [3.63, 3.8) is 0 Å². The molecule has 0 radical (unpaired) electrons. The summed E-state index contributed by atoms with van der Waals surface area (Å²) in [5, 5.41) is 5.73. The summed E-state index contributed by atoms with van der Waals surface area (Å²) in [6.45, 7) is 15.7. The Kier molecular flexibility index (Phi) is 10.9. The van der Waals surface area contributed by atoms with Gasteiger partial charge >= 0.3 is 6.09 Å². The van der Waals surface area contributed by atoms with Crippen LogP contribution in [0, 0.1) is 19.8 Å². The zero-order valence-electron chi connectivity index (χ0n) is 21.9. The maximum atomic E-state index is 13.7. The van der Waals surface area contributed by atoms with Gasteiger partial charge in [0.2, 0.25) is 11.8 Å². The minimum Gasteiger partial charge on any atom is -0.444 e. The Hall–Kier alpha value is -2.57. The molecule has 1 rings (SSSR count). The molecule has 0 saturated heterocycles. The molecule has 0 fully saturated rings. The molecule has 1 aromatic carbocycles. The van der Waals surface area contributed by atoms with E-state index >= 15 is 0 Å². The first-order chi connectivity index (χ1) is 15.3. The van der Waals surface area contributed by atoms with Gasteiger partial charge in [-0.1, -0.05) is 51.8 Å². The van der Waals surface area contributed by atoms with Crippen LogP contribution < -0.4 is 10.6 Å². The quantitative estimate of drug-likeness (QED) is 0.496.